The average molecular weight is 253 g/mol. The maximum absolute atomic E-state index is 5.57. The Labute approximate surface area is 108 Å². The van der Waals surface area contributed by atoms with Crippen molar-refractivity contribution in [1.82, 2.24) is 15.5 Å². The Kier molecular flexibility index (Phi) is 4.72. The van der Waals surface area contributed by atoms with Gasteiger partial charge in [0.15, 0.2) is 5.82 Å². The SMILES string of the molecule is CNC(Cc1nc(CC2CCCO2)no1)C(C)C. The number of ether oxygens (including phenoxy) is 1. The molecule has 0 aliphatic carbocycles. The molecule has 0 amide bonds. The van der Waals surface area contributed by atoms with Crippen LogP contribution in [0.3, 0.4) is 0 Å². The molecule has 0 saturated carbocycles. The van der Waals surface area contributed by atoms with E-state index >= 15 is 0 Å². The van der Waals surface area contributed by atoms with Gasteiger partial charge in [-0.25, -0.2) is 0 Å². The van der Waals surface area contributed by atoms with E-state index in [2.05, 4.69) is 29.3 Å². The van der Waals surface area contributed by atoms with Crippen LogP contribution in [0.2, 0.25) is 0 Å². The van der Waals surface area contributed by atoms with Gasteiger partial charge < -0.3 is 14.6 Å². The molecule has 2 rings (SSSR count). The van der Waals surface area contributed by atoms with E-state index in [9.17, 15) is 0 Å². The van der Waals surface area contributed by atoms with Gasteiger partial charge in [-0.3, -0.25) is 0 Å². The van der Waals surface area contributed by atoms with Crippen LogP contribution in [-0.2, 0) is 17.6 Å². The first-order chi connectivity index (χ1) is 8.69. The number of likely N-dealkylation sites (N-methyl/N-ethyl adjacent to an activating group) is 1. The number of rotatable bonds is 6. The van der Waals surface area contributed by atoms with Gasteiger partial charge in [-0.15, -0.1) is 0 Å². The largest absolute Gasteiger partial charge is 0.378 e. The Hall–Kier alpha value is -0.940. The van der Waals surface area contributed by atoms with E-state index in [1.54, 1.807) is 0 Å². The minimum Gasteiger partial charge on any atom is -0.378 e. The summed E-state index contributed by atoms with van der Waals surface area (Å²) in [7, 11) is 1.97. The molecule has 2 heterocycles. The summed E-state index contributed by atoms with van der Waals surface area (Å²) in [5.74, 6) is 2.04. The molecule has 1 saturated heterocycles. The number of nitrogens with zero attached hydrogens (tertiary/aromatic N) is 2. The van der Waals surface area contributed by atoms with Gasteiger partial charge in [0.1, 0.15) is 0 Å². The highest BCUT2D eigenvalue weighted by Crippen LogP contribution is 2.16. The minimum absolute atomic E-state index is 0.278. The minimum atomic E-state index is 0.278. The van der Waals surface area contributed by atoms with Gasteiger partial charge in [-0.05, 0) is 25.8 Å². The van der Waals surface area contributed by atoms with Crippen molar-refractivity contribution in [1.29, 1.82) is 0 Å². The standard InChI is InChI=1S/C13H23N3O2/c1-9(2)11(14-3)8-13-15-12(16-18-13)7-10-5-4-6-17-10/h9-11,14H,4-8H2,1-3H3. The summed E-state index contributed by atoms with van der Waals surface area (Å²) >= 11 is 0. The quantitative estimate of drug-likeness (QED) is 0.834. The van der Waals surface area contributed by atoms with Crippen LogP contribution in [0.1, 0.15) is 38.4 Å². The van der Waals surface area contributed by atoms with Crippen LogP contribution in [0.15, 0.2) is 4.52 Å². The summed E-state index contributed by atoms with van der Waals surface area (Å²) in [6.45, 7) is 5.24. The third kappa shape index (κ3) is 3.53. The van der Waals surface area contributed by atoms with Crippen LogP contribution in [0, 0.1) is 5.92 Å². The lowest BCUT2D eigenvalue weighted by molar-refractivity contribution is 0.109. The van der Waals surface area contributed by atoms with Gasteiger partial charge in [-0.1, -0.05) is 19.0 Å². The molecule has 102 valence electrons. The monoisotopic (exact) mass is 253 g/mol. The molecule has 2 atom stereocenters. The van der Waals surface area contributed by atoms with Crippen LogP contribution in [0.25, 0.3) is 0 Å². The van der Waals surface area contributed by atoms with Gasteiger partial charge in [0, 0.05) is 25.5 Å². The smallest absolute Gasteiger partial charge is 0.228 e. The predicted octanol–water partition coefficient (Wildman–Crippen LogP) is 1.58. The molecule has 5 nitrogen and oxygen atoms in total. The number of hydrogen-bond donors (Lipinski definition) is 1. The first-order valence-corrected chi connectivity index (χ1v) is 6.79. The van der Waals surface area contributed by atoms with Crippen LogP contribution in [0.5, 0.6) is 0 Å². The van der Waals surface area contributed by atoms with E-state index in [0.29, 0.717) is 12.0 Å². The molecule has 2 unspecified atom stereocenters. The fourth-order valence-electron chi connectivity index (χ4n) is 2.32. The Balaban J connectivity index is 1.88. The number of nitrogens with one attached hydrogen (secondary N) is 1. The van der Waals surface area contributed by atoms with Crippen LogP contribution >= 0.6 is 0 Å². The second kappa shape index (κ2) is 6.29. The Bertz CT molecular complexity index is 359. The lowest BCUT2D eigenvalue weighted by Crippen LogP contribution is -2.32. The highest BCUT2D eigenvalue weighted by atomic mass is 16.5. The van der Waals surface area contributed by atoms with Crippen LogP contribution in [-0.4, -0.2) is 35.9 Å². The highest BCUT2D eigenvalue weighted by molar-refractivity contribution is 4.92. The molecule has 1 aromatic rings. The Morgan fingerprint density at radius 3 is 2.89 bits per heavy atom. The van der Waals surface area contributed by atoms with E-state index in [0.717, 1.165) is 44.0 Å². The summed E-state index contributed by atoms with van der Waals surface area (Å²) < 4.78 is 10.9. The van der Waals surface area contributed by atoms with Crippen molar-refractivity contribution < 1.29 is 9.26 Å². The summed E-state index contributed by atoms with van der Waals surface area (Å²) in [4.78, 5) is 4.45. The topological polar surface area (TPSA) is 60.2 Å². The zero-order valence-electron chi connectivity index (χ0n) is 11.5. The summed E-state index contributed by atoms with van der Waals surface area (Å²) in [6, 6.07) is 0.376. The van der Waals surface area contributed by atoms with Crippen molar-refractivity contribution in [3.05, 3.63) is 11.7 Å². The fourth-order valence-corrected chi connectivity index (χ4v) is 2.32. The Morgan fingerprint density at radius 1 is 1.44 bits per heavy atom. The van der Waals surface area contributed by atoms with Gasteiger partial charge in [0.05, 0.1) is 6.10 Å². The van der Waals surface area contributed by atoms with Crippen molar-refractivity contribution in [3.63, 3.8) is 0 Å². The maximum atomic E-state index is 5.57. The fraction of sp³-hybridized carbons (Fsp3) is 0.846. The molecule has 0 bridgehead atoms. The number of aromatic nitrogens is 2. The lowest BCUT2D eigenvalue weighted by Gasteiger charge is -2.17. The van der Waals surface area contributed by atoms with E-state index in [1.165, 1.54) is 0 Å². The highest BCUT2D eigenvalue weighted by Gasteiger charge is 2.20. The average Bonchev–Trinajstić information content (AvgIpc) is 2.98. The second-order valence-corrected chi connectivity index (χ2v) is 5.29. The molecule has 0 spiro atoms. The molecule has 1 aliphatic rings. The van der Waals surface area contributed by atoms with E-state index in [-0.39, 0.29) is 6.10 Å². The van der Waals surface area contributed by atoms with Gasteiger partial charge in [-0.2, -0.15) is 4.98 Å². The zero-order chi connectivity index (χ0) is 13.0. The number of hydrogen-bond acceptors (Lipinski definition) is 5. The molecule has 5 heteroatoms. The molecular weight excluding hydrogens is 230 g/mol. The predicted molar refractivity (Wildman–Crippen MR) is 68.4 cm³/mol. The van der Waals surface area contributed by atoms with E-state index < -0.39 is 0 Å². The molecule has 0 aromatic carbocycles. The summed E-state index contributed by atoms with van der Waals surface area (Å²) in [5.41, 5.74) is 0. The van der Waals surface area contributed by atoms with Crippen molar-refractivity contribution in [2.24, 2.45) is 5.92 Å². The first kappa shape index (κ1) is 13.5. The third-order valence-electron chi connectivity index (χ3n) is 3.51. The van der Waals surface area contributed by atoms with E-state index in [4.69, 9.17) is 9.26 Å². The molecule has 1 N–H and O–H groups in total. The molecular formula is C13H23N3O2. The van der Waals surface area contributed by atoms with Crippen LogP contribution < -0.4 is 5.32 Å². The first-order valence-electron chi connectivity index (χ1n) is 6.79. The second-order valence-electron chi connectivity index (χ2n) is 5.29. The molecule has 1 aliphatic heterocycles. The van der Waals surface area contributed by atoms with Gasteiger partial charge in [0.2, 0.25) is 5.89 Å². The normalized spacial score (nSPS) is 21.7. The van der Waals surface area contributed by atoms with Crippen molar-refractivity contribution in [3.8, 4) is 0 Å². The molecule has 1 aromatic heterocycles. The summed E-state index contributed by atoms with van der Waals surface area (Å²) in [6.07, 6.45) is 4.09. The van der Waals surface area contributed by atoms with Crippen molar-refractivity contribution >= 4 is 0 Å². The molecule has 1 fully saturated rings. The molecule has 0 radical (unpaired) electrons. The third-order valence-corrected chi connectivity index (χ3v) is 3.51. The van der Waals surface area contributed by atoms with Gasteiger partial charge >= 0.3 is 0 Å². The maximum Gasteiger partial charge on any atom is 0.228 e. The van der Waals surface area contributed by atoms with Gasteiger partial charge in [0.25, 0.3) is 0 Å². The molecule has 18 heavy (non-hydrogen) atoms. The zero-order valence-corrected chi connectivity index (χ0v) is 11.5. The van der Waals surface area contributed by atoms with Crippen molar-refractivity contribution in [2.75, 3.05) is 13.7 Å². The Morgan fingerprint density at radius 2 is 2.28 bits per heavy atom. The summed E-state index contributed by atoms with van der Waals surface area (Å²) in [5, 5.41) is 7.31. The lowest BCUT2D eigenvalue weighted by atomic mass is 10.0. The van der Waals surface area contributed by atoms with Crippen LogP contribution in [0.4, 0.5) is 0 Å². The van der Waals surface area contributed by atoms with E-state index in [1.807, 2.05) is 7.05 Å². The van der Waals surface area contributed by atoms with Crippen molar-refractivity contribution in [2.45, 2.75) is 51.7 Å².